The highest BCUT2D eigenvalue weighted by atomic mass is 35.5. The van der Waals surface area contributed by atoms with Crippen LogP contribution in [0.2, 0.25) is 5.02 Å². The largest absolute Gasteiger partial charge is 0.379 e. The fraction of sp³-hybridized carbons (Fsp3) is 0.520. The van der Waals surface area contributed by atoms with Gasteiger partial charge in [-0.05, 0) is 51.0 Å². The highest BCUT2D eigenvalue weighted by Gasteiger charge is 2.29. The minimum absolute atomic E-state index is 0.0777. The number of halogens is 1. The molecular weight excluding hydrogens is 466 g/mol. The molecule has 0 aliphatic carbocycles. The molecule has 2 aliphatic rings. The quantitative estimate of drug-likeness (QED) is 0.560. The Hall–Kier alpha value is -2.75. The van der Waals surface area contributed by atoms with Gasteiger partial charge in [0.15, 0.2) is 5.82 Å². The van der Waals surface area contributed by atoms with Crippen molar-refractivity contribution in [2.75, 3.05) is 57.4 Å². The number of anilines is 1. The Kier molecular flexibility index (Phi) is 7.17. The number of nitrogens with one attached hydrogen (secondary N) is 1. The third kappa shape index (κ3) is 5.12. The molecule has 1 aromatic carbocycles. The third-order valence-electron chi connectivity index (χ3n) is 6.98. The number of piperidine rings is 1. The zero-order valence-electron chi connectivity index (χ0n) is 20.3. The van der Waals surface area contributed by atoms with Crippen LogP contribution in [0.3, 0.4) is 0 Å². The van der Waals surface area contributed by atoms with Crippen molar-refractivity contribution in [3.8, 4) is 5.69 Å². The van der Waals surface area contributed by atoms with Gasteiger partial charge in [0.1, 0.15) is 5.52 Å². The smallest absolute Gasteiger partial charge is 0.224 e. The van der Waals surface area contributed by atoms with Crippen LogP contribution in [0.15, 0.2) is 24.3 Å². The summed E-state index contributed by atoms with van der Waals surface area (Å²) in [6.45, 7) is 10.4. The van der Waals surface area contributed by atoms with Crippen LogP contribution in [-0.2, 0) is 9.53 Å². The highest BCUT2D eigenvalue weighted by molar-refractivity contribution is 6.30. The topological polar surface area (TPSA) is 88.4 Å². The fourth-order valence-corrected chi connectivity index (χ4v) is 5.17. The second kappa shape index (κ2) is 10.5. The van der Waals surface area contributed by atoms with Gasteiger partial charge in [0.05, 0.1) is 41.6 Å². The first-order valence-electron chi connectivity index (χ1n) is 12.3. The van der Waals surface area contributed by atoms with Crippen molar-refractivity contribution in [1.82, 2.24) is 30.2 Å². The van der Waals surface area contributed by atoms with E-state index >= 15 is 0 Å². The number of benzene rings is 1. The average molecular weight is 498 g/mol. The lowest BCUT2D eigenvalue weighted by atomic mass is 9.97. The van der Waals surface area contributed by atoms with Gasteiger partial charge >= 0.3 is 0 Å². The van der Waals surface area contributed by atoms with E-state index in [1.54, 1.807) is 0 Å². The summed E-state index contributed by atoms with van der Waals surface area (Å²) < 4.78 is 7.31. The molecule has 1 amide bonds. The number of fused-ring (bicyclic) bond motifs is 1. The molecule has 186 valence electrons. The fourth-order valence-electron chi connectivity index (χ4n) is 5.05. The molecule has 2 aliphatic heterocycles. The molecule has 0 saturated carbocycles. The summed E-state index contributed by atoms with van der Waals surface area (Å²) in [5, 5.41) is 18.8. The van der Waals surface area contributed by atoms with E-state index in [1.807, 2.05) is 42.8 Å². The van der Waals surface area contributed by atoms with Crippen molar-refractivity contribution in [1.29, 1.82) is 0 Å². The SMILES string of the molecule is Cc1nnc(N2CCCC(C(=O)NCCN3CCOCC3)C2)c2nn(-c3ccc(Cl)cc3)c(C)c12. The molecule has 0 radical (unpaired) electrons. The number of rotatable bonds is 6. The number of morpholine rings is 1. The van der Waals surface area contributed by atoms with Gasteiger partial charge < -0.3 is 15.0 Å². The van der Waals surface area contributed by atoms with Crippen LogP contribution in [0, 0.1) is 19.8 Å². The number of ether oxygens (including phenoxy) is 1. The maximum absolute atomic E-state index is 13.0. The molecule has 5 rings (SSSR count). The Morgan fingerprint density at radius 2 is 1.91 bits per heavy atom. The summed E-state index contributed by atoms with van der Waals surface area (Å²) in [6, 6.07) is 7.63. The predicted molar refractivity (Wildman–Crippen MR) is 136 cm³/mol. The van der Waals surface area contributed by atoms with Crippen molar-refractivity contribution in [3.63, 3.8) is 0 Å². The standard InChI is InChI=1S/C25H32ClN7O2/c1-17-22-18(2)33(21-7-5-20(26)6-8-21)30-23(22)24(29-28-17)32-10-3-4-19(16-32)25(34)27-9-11-31-12-14-35-15-13-31/h5-8,19H,3-4,9-16H2,1-2H3,(H,27,34). The highest BCUT2D eigenvalue weighted by Crippen LogP contribution is 2.31. The van der Waals surface area contributed by atoms with E-state index in [4.69, 9.17) is 21.4 Å². The van der Waals surface area contributed by atoms with Gasteiger partial charge in [0.25, 0.3) is 0 Å². The van der Waals surface area contributed by atoms with Crippen LogP contribution in [0.1, 0.15) is 24.2 Å². The van der Waals surface area contributed by atoms with E-state index in [1.165, 1.54) is 0 Å². The number of aryl methyl sites for hydroxylation is 2. The van der Waals surface area contributed by atoms with Gasteiger partial charge in [-0.25, -0.2) is 4.68 Å². The molecule has 1 unspecified atom stereocenters. The molecule has 2 saturated heterocycles. The van der Waals surface area contributed by atoms with Gasteiger partial charge in [0, 0.05) is 44.3 Å². The zero-order valence-corrected chi connectivity index (χ0v) is 21.1. The van der Waals surface area contributed by atoms with Crippen LogP contribution >= 0.6 is 11.6 Å². The lowest BCUT2D eigenvalue weighted by Gasteiger charge is -2.33. The summed E-state index contributed by atoms with van der Waals surface area (Å²) in [5.41, 5.74) is 3.60. The van der Waals surface area contributed by atoms with Gasteiger partial charge in [-0.3, -0.25) is 9.69 Å². The zero-order chi connectivity index (χ0) is 24.4. The molecule has 2 fully saturated rings. The van der Waals surface area contributed by atoms with Gasteiger partial charge in [-0.1, -0.05) is 11.6 Å². The molecule has 1 N–H and O–H groups in total. The lowest BCUT2D eigenvalue weighted by Crippen LogP contribution is -2.46. The van der Waals surface area contributed by atoms with Crippen LogP contribution in [0.4, 0.5) is 5.82 Å². The number of hydrogen-bond donors (Lipinski definition) is 1. The van der Waals surface area contributed by atoms with Crippen molar-refractivity contribution < 1.29 is 9.53 Å². The van der Waals surface area contributed by atoms with E-state index in [-0.39, 0.29) is 11.8 Å². The van der Waals surface area contributed by atoms with Crippen LogP contribution in [-0.4, -0.2) is 83.3 Å². The maximum atomic E-state index is 13.0. The molecule has 35 heavy (non-hydrogen) atoms. The van der Waals surface area contributed by atoms with Crippen LogP contribution < -0.4 is 10.2 Å². The summed E-state index contributed by atoms with van der Waals surface area (Å²) in [7, 11) is 0. The first-order valence-corrected chi connectivity index (χ1v) is 12.7. The number of nitrogens with zero attached hydrogens (tertiary/aromatic N) is 6. The Balaban J connectivity index is 1.33. The van der Waals surface area contributed by atoms with Gasteiger partial charge in [-0.2, -0.15) is 10.2 Å². The number of amides is 1. The Morgan fingerprint density at radius 3 is 2.69 bits per heavy atom. The molecule has 3 aromatic rings. The van der Waals surface area contributed by atoms with E-state index in [0.717, 1.165) is 86.0 Å². The summed E-state index contributed by atoms with van der Waals surface area (Å²) in [5.74, 6) is 0.778. The molecule has 1 atom stereocenters. The second-order valence-corrected chi connectivity index (χ2v) is 9.77. The number of aromatic nitrogens is 4. The van der Waals surface area contributed by atoms with Crippen molar-refractivity contribution in [2.24, 2.45) is 5.92 Å². The molecule has 0 spiro atoms. The van der Waals surface area contributed by atoms with E-state index < -0.39 is 0 Å². The van der Waals surface area contributed by atoms with E-state index in [0.29, 0.717) is 18.1 Å². The third-order valence-corrected chi connectivity index (χ3v) is 7.23. The molecule has 9 nitrogen and oxygen atoms in total. The first-order chi connectivity index (χ1) is 17.0. The Morgan fingerprint density at radius 1 is 1.14 bits per heavy atom. The number of hydrogen-bond acceptors (Lipinski definition) is 7. The lowest BCUT2D eigenvalue weighted by molar-refractivity contribution is -0.125. The molecule has 0 bridgehead atoms. The van der Waals surface area contributed by atoms with Crippen molar-refractivity contribution >= 4 is 34.2 Å². The van der Waals surface area contributed by atoms with Crippen molar-refractivity contribution in [3.05, 3.63) is 40.7 Å². The second-order valence-electron chi connectivity index (χ2n) is 9.34. The number of carbonyl (C=O) groups excluding carboxylic acids is 1. The minimum Gasteiger partial charge on any atom is -0.379 e. The Bertz CT molecular complexity index is 1190. The van der Waals surface area contributed by atoms with E-state index in [2.05, 4.69) is 25.3 Å². The first kappa shape index (κ1) is 24.0. The number of carbonyl (C=O) groups is 1. The van der Waals surface area contributed by atoms with Gasteiger partial charge in [-0.15, -0.1) is 5.10 Å². The van der Waals surface area contributed by atoms with Crippen LogP contribution in [0.5, 0.6) is 0 Å². The van der Waals surface area contributed by atoms with E-state index in [9.17, 15) is 4.79 Å². The van der Waals surface area contributed by atoms with Crippen LogP contribution in [0.25, 0.3) is 16.6 Å². The monoisotopic (exact) mass is 497 g/mol. The summed E-state index contributed by atoms with van der Waals surface area (Å²) in [6.07, 6.45) is 1.80. The normalized spacial score (nSPS) is 19.3. The maximum Gasteiger partial charge on any atom is 0.224 e. The molecular formula is C25H32ClN7O2. The Labute approximate surface area is 210 Å². The molecule has 4 heterocycles. The summed E-state index contributed by atoms with van der Waals surface area (Å²) >= 11 is 6.08. The molecule has 10 heteroatoms. The van der Waals surface area contributed by atoms with Crippen molar-refractivity contribution in [2.45, 2.75) is 26.7 Å². The minimum atomic E-state index is -0.0777. The average Bonchev–Trinajstić information content (AvgIpc) is 3.23. The van der Waals surface area contributed by atoms with Gasteiger partial charge in [0.2, 0.25) is 5.91 Å². The summed E-state index contributed by atoms with van der Waals surface area (Å²) in [4.78, 5) is 17.5. The molecule has 2 aromatic heterocycles. The predicted octanol–water partition coefficient (Wildman–Crippen LogP) is 2.75.